The minimum absolute atomic E-state index is 0.0697. The van der Waals surface area contributed by atoms with Gasteiger partial charge in [-0.1, -0.05) is 67.8 Å². The molecule has 208 valence electrons. The lowest BCUT2D eigenvalue weighted by Gasteiger charge is -2.34. The fraction of sp³-hybridized carbons (Fsp3) is 0.548. The number of hydrogen-bond acceptors (Lipinski definition) is 5. The lowest BCUT2D eigenvalue weighted by atomic mass is 9.90. The Morgan fingerprint density at radius 1 is 0.872 bits per heavy atom. The van der Waals surface area contributed by atoms with Crippen LogP contribution in [-0.4, -0.2) is 55.4 Å². The van der Waals surface area contributed by atoms with Crippen molar-refractivity contribution in [2.75, 3.05) is 34.4 Å². The van der Waals surface area contributed by atoms with Crippen LogP contribution in [0.2, 0.25) is 0 Å². The molecular weight excluding hydrogens is 526 g/mol. The maximum Gasteiger partial charge on any atom is 0.248 e. The second kappa shape index (κ2) is 11.7. The molecule has 0 unspecified atom stereocenters. The van der Waals surface area contributed by atoms with E-state index in [1.165, 1.54) is 61.5 Å². The van der Waals surface area contributed by atoms with Crippen molar-refractivity contribution in [3.8, 4) is 0 Å². The van der Waals surface area contributed by atoms with Crippen LogP contribution in [0.5, 0.6) is 0 Å². The van der Waals surface area contributed by atoms with Crippen molar-refractivity contribution in [1.82, 2.24) is 0 Å². The predicted molar refractivity (Wildman–Crippen MR) is 161 cm³/mol. The summed E-state index contributed by atoms with van der Waals surface area (Å²) in [5.41, 5.74) is 3.55. The summed E-state index contributed by atoms with van der Waals surface area (Å²) in [5.74, 6) is 1.57. The minimum Gasteiger partial charge on any atom is -0.372 e. The van der Waals surface area contributed by atoms with Crippen LogP contribution in [0.3, 0.4) is 0 Å². The Kier molecular flexibility index (Phi) is 8.03. The molecule has 3 saturated heterocycles. The van der Waals surface area contributed by atoms with E-state index >= 15 is 0 Å². The molecule has 2 aromatic carbocycles. The summed E-state index contributed by atoms with van der Waals surface area (Å²) in [6, 6.07) is 19.1. The van der Waals surface area contributed by atoms with Gasteiger partial charge >= 0.3 is 0 Å². The number of carbonyl (C=O) groups excluding carboxylic acids is 1. The van der Waals surface area contributed by atoms with Crippen LogP contribution in [0.15, 0.2) is 59.6 Å². The fourth-order valence-corrected chi connectivity index (χ4v) is 10.8. The topological polar surface area (TPSA) is 70.0 Å². The third kappa shape index (κ3) is 6.37. The van der Waals surface area contributed by atoms with Gasteiger partial charge in [0.05, 0.1) is 17.5 Å². The number of amides is 1. The van der Waals surface area contributed by atoms with E-state index in [4.69, 9.17) is 0 Å². The number of anilines is 2. The number of fused-ring (bicyclic) bond motifs is 1. The number of piperidine rings is 1. The standard InChI is InChI=1S/C31H39N3O3S2/c35-30(15-10-23-6-4-5-7-23)32-31-34(28-21-39(36,37)22-29(28)38-31)27-13-11-26(12-14-27)33-18-16-25(17-19-33)20-24-8-2-1-3-9-24/h1-3,8-9,11-14,23,25,28-29H,4-7,10,15-22H2/t28-,29+/m0/s1. The number of benzene rings is 2. The molecule has 0 spiro atoms. The van der Waals surface area contributed by atoms with E-state index in [-0.39, 0.29) is 28.7 Å². The van der Waals surface area contributed by atoms with Crippen molar-refractivity contribution in [1.29, 1.82) is 0 Å². The van der Waals surface area contributed by atoms with E-state index in [0.717, 1.165) is 37.5 Å². The zero-order valence-electron chi connectivity index (χ0n) is 22.6. The van der Waals surface area contributed by atoms with Crippen LogP contribution in [0.1, 0.15) is 56.9 Å². The molecule has 3 aliphatic heterocycles. The lowest BCUT2D eigenvalue weighted by Crippen LogP contribution is -2.38. The van der Waals surface area contributed by atoms with E-state index in [0.29, 0.717) is 17.5 Å². The summed E-state index contributed by atoms with van der Waals surface area (Å²) < 4.78 is 24.9. The monoisotopic (exact) mass is 565 g/mol. The number of thioether (sulfide) groups is 1. The van der Waals surface area contributed by atoms with E-state index in [1.54, 1.807) is 0 Å². The molecule has 0 radical (unpaired) electrons. The largest absolute Gasteiger partial charge is 0.372 e. The molecule has 2 atom stereocenters. The SMILES string of the molecule is O=C(CCC1CCCC1)N=C1S[C@@H]2CS(=O)(=O)C[C@@H]2N1c1ccc(N2CCC(Cc3ccccc3)CC2)cc1. The second-order valence-electron chi connectivity index (χ2n) is 11.8. The van der Waals surface area contributed by atoms with Gasteiger partial charge in [0.25, 0.3) is 0 Å². The summed E-state index contributed by atoms with van der Waals surface area (Å²) in [6.45, 7) is 2.09. The van der Waals surface area contributed by atoms with E-state index in [1.807, 2.05) is 4.90 Å². The van der Waals surface area contributed by atoms with Crippen molar-refractivity contribution in [2.24, 2.45) is 16.8 Å². The molecule has 1 aliphatic carbocycles. The first-order valence-corrected chi connectivity index (χ1v) is 17.3. The highest BCUT2D eigenvalue weighted by molar-refractivity contribution is 8.16. The summed E-state index contributed by atoms with van der Waals surface area (Å²) >= 11 is 1.47. The first-order valence-electron chi connectivity index (χ1n) is 14.6. The molecule has 6 nitrogen and oxygen atoms in total. The first kappa shape index (κ1) is 26.9. The molecule has 8 heteroatoms. The molecular formula is C31H39N3O3S2. The van der Waals surface area contributed by atoms with E-state index in [9.17, 15) is 13.2 Å². The Hall–Kier alpha value is -2.32. The van der Waals surface area contributed by atoms with Crippen molar-refractivity contribution in [3.63, 3.8) is 0 Å². The zero-order valence-corrected chi connectivity index (χ0v) is 24.2. The van der Waals surface area contributed by atoms with E-state index in [2.05, 4.69) is 64.5 Å². The van der Waals surface area contributed by atoms with Gasteiger partial charge in [-0.2, -0.15) is 4.99 Å². The molecule has 3 heterocycles. The van der Waals surface area contributed by atoms with Crippen molar-refractivity contribution < 1.29 is 13.2 Å². The Labute approximate surface area is 237 Å². The third-order valence-electron chi connectivity index (χ3n) is 9.00. The molecule has 0 N–H and O–H groups in total. The van der Waals surface area contributed by atoms with Gasteiger partial charge in [-0.25, -0.2) is 8.42 Å². The number of aliphatic imine (C=N–C) groups is 1. The van der Waals surface area contributed by atoms with Crippen LogP contribution in [0, 0.1) is 11.8 Å². The Morgan fingerprint density at radius 2 is 1.56 bits per heavy atom. The molecule has 6 rings (SSSR count). The Balaban J connectivity index is 1.12. The lowest BCUT2D eigenvalue weighted by molar-refractivity contribution is -0.118. The van der Waals surface area contributed by atoms with E-state index < -0.39 is 9.84 Å². The Bertz CT molecular complexity index is 1280. The van der Waals surface area contributed by atoms with Crippen molar-refractivity contribution in [2.45, 2.75) is 69.1 Å². The molecule has 0 bridgehead atoms. The molecule has 1 amide bonds. The normalized spacial score (nSPS) is 26.4. The summed E-state index contributed by atoms with van der Waals surface area (Å²) in [7, 11) is -3.08. The highest BCUT2D eigenvalue weighted by Gasteiger charge is 2.49. The number of hydrogen-bond donors (Lipinski definition) is 0. The molecule has 4 aliphatic rings. The third-order valence-corrected chi connectivity index (χ3v) is 12.2. The molecule has 1 saturated carbocycles. The molecule has 0 aromatic heterocycles. The second-order valence-corrected chi connectivity index (χ2v) is 15.1. The number of amidine groups is 1. The highest BCUT2D eigenvalue weighted by atomic mass is 32.2. The minimum atomic E-state index is -3.08. The van der Waals surface area contributed by atoms with Gasteiger partial charge in [0.1, 0.15) is 0 Å². The quantitative estimate of drug-likeness (QED) is 0.428. The first-order chi connectivity index (χ1) is 18.9. The van der Waals surface area contributed by atoms with Crippen LogP contribution in [0.4, 0.5) is 11.4 Å². The molecule has 39 heavy (non-hydrogen) atoms. The highest BCUT2D eigenvalue weighted by Crippen LogP contribution is 2.41. The van der Waals surface area contributed by atoms with Gasteiger partial charge in [0.15, 0.2) is 15.0 Å². The Morgan fingerprint density at radius 3 is 2.28 bits per heavy atom. The van der Waals surface area contributed by atoms with Crippen molar-refractivity contribution >= 4 is 44.0 Å². The van der Waals surface area contributed by atoms with Gasteiger partial charge in [-0.15, -0.1) is 0 Å². The zero-order chi connectivity index (χ0) is 26.8. The van der Waals surface area contributed by atoms with Crippen molar-refractivity contribution in [3.05, 3.63) is 60.2 Å². The smallest absolute Gasteiger partial charge is 0.248 e. The summed E-state index contributed by atoms with van der Waals surface area (Å²) in [6.07, 6.45) is 9.91. The predicted octanol–water partition coefficient (Wildman–Crippen LogP) is 5.72. The fourth-order valence-electron chi connectivity index (χ4n) is 6.82. The number of nitrogens with zero attached hydrogens (tertiary/aromatic N) is 3. The number of rotatable bonds is 7. The van der Waals surface area contributed by atoms with Gasteiger partial charge in [-0.3, -0.25) is 4.79 Å². The number of carbonyl (C=O) groups is 1. The van der Waals surface area contributed by atoms with Crippen LogP contribution >= 0.6 is 11.8 Å². The van der Waals surface area contributed by atoms with Gasteiger partial charge < -0.3 is 9.80 Å². The number of sulfone groups is 1. The van der Waals surface area contributed by atoms with Crippen LogP contribution in [-0.2, 0) is 21.1 Å². The van der Waals surface area contributed by atoms with Gasteiger partial charge in [0, 0.05) is 36.1 Å². The maximum absolute atomic E-state index is 12.8. The van der Waals surface area contributed by atoms with Gasteiger partial charge in [0.2, 0.25) is 5.91 Å². The van der Waals surface area contributed by atoms with Crippen LogP contribution < -0.4 is 9.80 Å². The maximum atomic E-state index is 12.8. The average molecular weight is 566 g/mol. The summed E-state index contributed by atoms with van der Waals surface area (Å²) in [4.78, 5) is 21.9. The van der Waals surface area contributed by atoms with Crippen LogP contribution in [0.25, 0.3) is 0 Å². The molecule has 2 aromatic rings. The molecule has 4 fully saturated rings. The van der Waals surface area contributed by atoms with Gasteiger partial charge in [-0.05, 0) is 67.3 Å². The summed E-state index contributed by atoms with van der Waals surface area (Å²) in [5, 5.41) is 0.602. The average Bonchev–Trinajstić information content (AvgIpc) is 3.63.